The number of ether oxygens (including phenoxy) is 1. The molecule has 3 rings (SSSR count). The second kappa shape index (κ2) is 12.3. The van der Waals surface area contributed by atoms with Gasteiger partial charge in [0.1, 0.15) is 11.8 Å². The summed E-state index contributed by atoms with van der Waals surface area (Å²) in [7, 11) is 0. The van der Waals surface area contributed by atoms with Gasteiger partial charge in [-0.25, -0.2) is 0 Å². The molecular formula is C25H27N3O5. The molecule has 8 nitrogen and oxygen atoms in total. The van der Waals surface area contributed by atoms with E-state index in [2.05, 4.69) is 15.8 Å². The molecule has 1 aliphatic rings. The van der Waals surface area contributed by atoms with Crippen LogP contribution in [0.2, 0.25) is 0 Å². The summed E-state index contributed by atoms with van der Waals surface area (Å²) in [6, 6.07) is 15.8. The highest BCUT2D eigenvalue weighted by Gasteiger charge is 2.24. The molecular weight excluding hydrogens is 422 g/mol. The van der Waals surface area contributed by atoms with E-state index in [0.29, 0.717) is 18.5 Å². The van der Waals surface area contributed by atoms with Crippen LogP contribution in [0.1, 0.15) is 42.9 Å². The predicted octanol–water partition coefficient (Wildman–Crippen LogP) is 3.85. The summed E-state index contributed by atoms with van der Waals surface area (Å²) < 4.78 is 5.58. The van der Waals surface area contributed by atoms with Gasteiger partial charge in [0.15, 0.2) is 0 Å². The van der Waals surface area contributed by atoms with Gasteiger partial charge in [0.25, 0.3) is 0 Å². The van der Waals surface area contributed by atoms with Gasteiger partial charge in [-0.05, 0) is 41.3 Å². The SMILES string of the molecule is O=Nc1ccc(CNC(=O)C[C@@H]2C/C=C/CCC(=O)O[C@H](c3ccccc3)CNC2=O)cc1. The zero-order valence-electron chi connectivity index (χ0n) is 18.2. The van der Waals surface area contributed by atoms with Crippen LogP contribution >= 0.6 is 0 Å². The largest absolute Gasteiger partial charge is 0.456 e. The highest BCUT2D eigenvalue weighted by atomic mass is 16.5. The topological polar surface area (TPSA) is 114 Å². The molecule has 0 bridgehead atoms. The number of nitroso groups, excluding NO2 is 1. The molecule has 33 heavy (non-hydrogen) atoms. The number of nitrogens with zero attached hydrogens (tertiary/aromatic N) is 1. The van der Waals surface area contributed by atoms with Crippen LogP contribution in [-0.2, 0) is 25.7 Å². The molecule has 0 saturated heterocycles. The van der Waals surface area contributed by atoms with Crippen LogP contribution in [0, 0.1) is 10.8 Å². The Morgan fingerprint density at radius 3 is 2.55 bits per heavy atom. The number of hydrogen-bond acceptors (Lipinski definition) is 6. The van der Waals surface area contributed by atoms with Crippen LogP contribution in [0.5, 0.6) is 0 Å². The average molecular weight is 450 g/mol. The van der Waals surface area contributed by atoms with E-state index < -0.39 is 12.0 Å². The number of rotatable bonds is 6. The second-order valence-electron chi connectivity index (χ2n) is 7.82. The Kier molecular flexibility index (Phi) is 8.88. The van der Waals surface area contributed by atoms with Crippen LogP contribution in [0.3, 0.4) is 0 Å². The van der Waals surface area contributed by atoms with Gasteiger partial charge in [0.2, 0.25) is 11.8 Å². The summed E-state index contributed by atoms with van der Waals surface area (Å²) in [6.07, 6.45) is 4.24. The summed E-state index contributed by atoms with van der Waals surface area (Å²) in [5, 5.41) is 8.50. The van der Waals surface area contributed by atoms with Crippen molar-refractivity contribution >= 4 is 23.5 Å². The molecule has 8 heteroatoms. The summed E-state index contributed by atoms with van der Waals surface area (Å²) in [5.74, 6) is -1.39. The van der Waals surface area contributed by atoms with Gasteiger partial charge in [-0.15, -0.1) is 4.91 Å². The minimum atomic E-state index is -0.593. The molecule has 2 amide bonds. The molecule has 0 radical (unpaired) electrons. The third kappa shape index (κ3) is 7.68. The van der Waals surface area contributed by atoms with Gasteiger partial charge in [-0.2, -0.15) is 0 Å². The lowest BCUT2D eigenvalue weighted by molar-refractivity contribution is -0.150. The highest BCUT2D eigenvalue weighted by Crippen LogP contribution is 2.20. The quantitative estimate of drug-likeness (QED) is 0.395. The number of carbonyl (C=O) groups is 3. The number of hydrogen-bond donors (Lipinski definition) is 2. The van der Waals surface area contributed by atoms with E-state index >= 15 is 0 Å². The van der Waals surface area contributed by atoms with E-state index in [1.807, 2.05) is 42.5 Å². The van der Waals surface area contributed by atoms with Crippen LogP contribution in [0.25, 0.3) is 0 Å². The molecule has 2 atom stereocenters. The first-order valence-corrected chi connectivity index (χ1v) is 10.9. The lowest BCUT2D eigenvalue weighted by atomic mass is 9.98. The van der Waals surface area contributed by atoms with Crippen LogP contribution < -0.4 is 10.6 Å². The van der Waals surface area contributed by atoms with Gasteiger partial charge in [0.05, 0.1) is 12.5 Å². The summed E-state index contributed by atoms with van der Waals surface area (Å²) in [5.41, 5.74) is 1.94. The Bertz CT molecular complexity index is 989. The Morgan fingerprint density at radius 2 is 1.82 bits per heavy atom. The monoisotopic (exact) mass is 449 g/mol. The van der Waals surface area contributed by atoms with E-state index in [1.165, 1.54) is 0 Å². The minimum absolute atomic E-state index is 0.0277. The molecule has 0 unspecified atom stereocenters. The smallest absolute Gasteiger partial charge is 0.306 e. The lowest BCUT2D eigenvalue weighted by Crippen LogP contribution is -2.37. The molecule has 172 valence electrons. The molecule has 0 saturated carbocycles. The van der Waals surface area contributed by atoms with Crippen molar-refractivity contribution in [3.63, 3.8) is 0 Å². The molecule has 1 heterocycles. The number of cyclic esters (lactones) is 1. The Morgan fingerprint density at radius 1 is 1.06 bits per heavy atom. The van der Waals surface area contributed by atoms with Gasteiger partial charge in [-0.1, -0.05) is 54.6 Å². The van der Waals surface area contributed by atoms with Crippen molar-refractivity contribution in [2.75, 3.05) is 6.54 Å². The maximum atomic E-state index is 12.9. The molecule has 2 N–H and O–H groups in total. The molecule has 1 aliphatic heterocycles. The molecule has 0 fully saturated rings. The third-order valence-electron chi connectivity index (χ3n) is 5.34. The van der Waals surface area contributed by atoms with Gasteiger partial charge >= 0.3 is 5.97 Å². The standard InChI is InChI=1S/C25H27N3O5/c29-23(26-16-18-11-13-21(28-32)14-12-18)15-20-9-5-2-6-10-24(30)33-22(17-27-25(20)31)19-7-3-1-4-8-19/h1-5,7-8,11-14,20,22H,6,9-10,15-17H2,(H,26,29)(H,27,31)/b5-2+/t20-,22-/m0/s1. The molecule has 2 aromatic carbocycles. The second-order valence-corrected chi connectivity index (χ2v) is 7.82. The molecule has 0 aromatic heterocycles. The predicted molar refractivity (Wildman–Crippen MR) is 123 cm³/mol. The summed E-state index contributed by atoms with van der Waals surface area (Å²) >= 11 is 0. The number of esters is 1. The van der Waals surface area contributed by atoms with E-state index in [9.17, 15) is 19.3 Å². The molecule has 0 aliphatic carbocycles. The maximum Gasteiger partial charge on any atom is 0.306 e. The number of nitrogens with one attached hydrogen (secondary N) is 2. The third-order valence-corrected chi connectivity index (χ3v) is 5.34. The Balaban J connectivity index is 1.62. The van der Waals surface area contributed by atoms with Crippen molar-refractivity contribution in [3.8, 4) is 0 Å². The van der Waals surface area contributed by atoms with Crippen LogP contribution in [0.4, 0.5) is 5.69 Å². The summed E-state index contributed by atoms with van der Waals surface area (Å²) in [4.78, 5) is 48.0. The van der Waals surface area contributed by atoms with Crippen molar-refractivity contribution in [2.45, 2.75) is 38.3 Å². The molecule has 2 aromatic rings. The lowest BCUT2D eigenvalue weighted by Gasteiger charge is -2.21. The Hall–Kier alpha value is -3.81. The van der Waals surface area contributed by atoms with Crippen LogP contribution in [0.15, 0.2) is 71.9 Å². The number of allylic oxidation sites excluding steroid dienone is 2. The highest BCUT2D eigenvalue weighted by molar-refractivity contribution is 5.86. The van der Waals surface area contributed by atoms with Gasteiger partial charge in [0, 0.05) is 19.4 Å². The first-order chi connectivity index (χ1) is 16.0. The zero-order valence-corrected chi connectivity index (χ0v) is 18.2. The fraction of sp³-hybridized carbons (Fsp3) is 0.320. The van der Waals surface area contributed by atoms with E-state index in [-0.39, 0.29) is 43.7 Å². The first kappa shape index (κ1) is 23.8. The maximum absolute atomic E-state index is 12.9. The first-order valence-electron chi connectivity index (χ1n) is 10.9. The van der Waals surface area contributed by atoms with Gasteiger partial charge in [-0.3, -0.25) is 14.4 Å². The number of carbonyl (C=O) groups excluding carboxylic acids is 3. The van der Waals surface area contributed by atoms with Crippen molar-refractivity contribution in [3.05, 3.63) is 82.8 Å². The van der Waals surface area contributed by atoms with E-state index in [0.717, 1.165) is 11.1 Å². The minimum Gasteiger partial charge on any atom is -0.456 e. The Labute approximate surface area is 192 Å². The van der Waals surface area contributed by atoms with Crippen LogP contribution in [-0.4, -0.2) is 24.3 Å². The fourth-order valence-corrected chi connectivity index (χ4v) is 3.48. The van der Waals surface area contributed by atoms with E-state index in [4.69, 9.17) is 4.74 Å². The van der Waals surface area contributed by atoms with Gasteiger partial charge < -0.3 is 15.4 Å². The molecule has 0 spiro atoms. The number of amides is 2. The van der Waals surface area contributed by atoms with Crippen molar-refractivity contribution < 1.29 is 19.1 Å². The normalized spacial score (nSPS) is 20.4. The van der Waals surface area contributed by atoms with E-state index in [1.54, 1.807) is 24.3 Å². The van der Waals surface area contributed by atoms with Crippen molar-refractivity contribution in [2.24, 2.45) is 11.1 Å². The zero-order chi connectivity index (χ0) is 23.5. The number of benzene rings is 2. The van der Waals surface area contributed by atoms with Crippen molar-refractivity contribution in [1.82, 2.24) is 10.6 Å². The van der Waals surface area contributed by atoms with Crippen molar-refractivity contribution in [1.29, 1.82) is 0 Å². The fourth-order valence-electron chi connectivity index (χ4n) is 3.48. The summed E-state index contributed by atoms with van der Waals surface area (Å²) in [6.45, 7) is 0.418. The average Bonchev–Trinajstić information content (AvgIpc) is 2.84.